The molecule has 2 atom stereocenters. The predicted molar refractivity (Wildman–Crippen MR) is 81.0 cm³/mol. The van der Waals surface area contributed by atoms with Crippen LogP contribution in [0.1, 0.15) is 44.2 Å². The SMILES string of the molecule is Cc1ccc(OCC(=O)N2[C@H](C)CCC[C@H]2C)cc1C. The molecule has 0 N–H and O–H groups in total. The van der Waals surface area contributed by atoms with Gasteiger partial charge in [-0.25, -0.2) is 0 Å². The molecule has 0 radical (unpaired) electrons. The van der Waals surface area contributed by atoms with E-state index < -0.39 is 0 Å². The average Bonchev–Trinajstić information content (AvgIpc) is 2.40. The first-order valence-corrected chi connectivity index (χ1v) is 7.50. The van der Waals surface area contributed by atoms with Gasteiger partial charge in [0.2, 0.25) is 0 Å². The van der Waals surface area contributed by atoms with Crippen molar-refractivity contribution >= 4 is 5.91 Å². The van der Waals surface area contributed by atoms with Gasteiger partial charge in [0, 0.05) is 12.1 Å². The molecule has 2 rings (SSSR count). The fourth-order valence-corrected chi connectivity index (χ4v) is 2.94. The summed E-state index contributed by atoms with van der Waals surface area (Å²) in [4.78, 5) is 14.3. The van der Waals surface area contributed by atoms with E-state index in [2.05, 4.69) is 27.7 Å². The monoisotopic (exact) mass is 275 g/mol. The van der Waals surface area contributed by atoms with Gasteiger partial charge in [0.25, 0.3) is 5.91 Å². The first-order chi connectivity index (χ1) is 9.49. The van der Waals surface area contributed by atoms with E-state index in [4.69, 9.17) is 4.74 Å². The molecule has 20 heavy (non-hydrogen) atoms. The van der Waals surface area contributed by atoms with E-state index in [1.54, 1.807) is 0 Å². The van der Waals surface area contributed by atoms with Gasteiger partial charge < -0.3 is 9.64 Å². The molecule has 1 fully saturated rings. The lowest BCUT2D eigenvalue weighted by Gasteiger charge is -2.39. The Balaban J connectivity index is 1.95. The van der Waals surface area contributed by atoms with Crippen LogP contribution in [-0.2, 0) is 4.79 Å². The van der Waals surface area contributed by atoms with Gasteiger partial charge in [-0.1, -0.05) is 6.07 Å². The largest absolute Gasteiger partial charge is 0.484 e. The molecule has 0 unspecified atom stereocenters. The topological polar surface area (TPSA) is 29.5 Å². The molecule has 1 amide bonds. The molecule has 110 valence electrons. The summed E-state index contributed by atoms with van der Waals surface area (Å²) in [6.07, 6.45) is 3.41. The normalized spacial score (nSPS) is 22.7. The molecule has 1 heterocycles. The highest BCUT2D eigenvalue weighted by molar-refractivity contribution is 5.78. The molecule has 1 saturated heterocycles. The minimum absolute atomic E-state index is 0.0999. The maximum Gasteiger partial charge on any atom is 0.260 e. The molecule has 0 bridgehead atoms. The van der Waals surface area contributed by atoms with E-state index in [-0.39, 0.29) is 12.5 Å². The summed E-state index contributed by atoms with van der Waals surface area (Å²) in [5, 5.41) is 0. The van der Waals surface area contributed by atoms with Gasteiger partial charge in [-0.2, -0.15) is 0 Å². The molecular weight excluding hydrogens is 250 g/mol. The van der Waals surface area contributed by atoms with Gasteiger partial charge in [0.1, 0.15) is 5.75 Å². The molecule has 1 aromatic rings. The second kappa shape index (κ2) is 6.29. The summed E-state index contributed by atoms with van der Waals surface area (Å²) in [7, 11) is 0. The van der Waals surface area contributed by atoms with Crippen LogP contribution in [0.4, 0.5) is 0 Å². The van der Waals surface area contributed by atoms with Crippen LogP contribution in [0.5, 0.6) is 5.75 Å². The number of hydrogen-bond donors (Lipinski definition) is 0. The van der Waals surface area contributed by atoms with Crippen LogP contribution in [-0.4, -0.2) is 29.5 Å². The number of amides is 1. The van der Waals surface area contributed by atoms with Gasteiger partial charge in [-0.3, -0.25) is 4.79 Å². The van der Waals surface area contributed by atoms with Gasteiger partial charge in [-0.05, 0) is 70.2 Å². The molecule has 0 aliphatic carbocycles. The number of likely N-dealkylation sites (tertiary alicyclic amines) is 1. The lowest BCUT2D eigenvalue weighted by Crippen LogP contribution is -2.49. The maximum absolute atomic E-state index is 12.3. The molecule has 0 aromatic heterocycles. The Morgan fingerprint density at radius 3 is 2.45 bits per heavy atom. The van der Waals surface area contributed by atoms with Crippen molar-refractivity contribution < 1.29 is 9.53 Å². The zero-order valence-corrected chi connectivity index (χ0v) is 13.0. The van der Waals surface area contributed by atoms with Crippen molar-refractivity contribution in [2.24, 2.45) is 0 Å². The second-order valence-electron chi connectivity index (χ2n) is 5.96. The number of hydrogen-bond acceptors (Lipinski definition) is 2. The van der Waals surface area contributed by atoms with Crippen LogP contribution in [0.25, 0.3) is 0 Å². The predicted octanol–water partition coefficient (Wildman–Crippen LogP) is 3.47. The van der Waals surface area contributed by atoms with Crippen molar-refractivity contribution in [2.75, 3.05) is 6.61 Å². The Morgan fingerprint density at radius 2 is 1.85 bits per heavy atom. The second-order valence-corrected chi connectivity index (χ2v) is 5.96. The number of benzene rings is 1. The standard InChI is InChI=1S/C17H25NO2/c1-12-8-9-16(10-13(12)2)20-11-17(19)18-14(3)6-5-7-15(18)4/h8-10,14-15H,5-7,11H2,1-4H3/t14-,15-/m1/s1. The number of rotatable bonds is 3. The number of carbonyl (C=O) groups excluding carboxylic acids is 1. The number of piperidine rings is 1. The van der Waals surface area contributed by atoms with E-state index >= 15 is 0 Å². The molecule has 1 aromatic carbocycles. The van der Waals surface area contributed by atoms with Crippen LogP contribution >= 0.6 is 0 Å². The van der Waals surface area contributed by atoms with E-state index in [1.165, 1.54) is 17.5 Å². The van der Waals surface area contributed by atoms with Gasteiger partial charge >= 0.3 is 0 Å². The number of ether oxygens (including phenoxy) is 1. The third-order valence-electron chi connectivity index (χ3n) is 4.32. The van der Waals surface area contributed by atoms with Gasteiger partial charge in [0.15, 0.2) is 6.61 Å². The van der Waals surface area contributed by atoms with Crippen LogP contribution in [0.15, 0.2) is 18.2 Å². The fourth-order valence-electron chi connectivity index (χ4n) is 2.94. The van der Waals surface area contributed by atoms with Crippen LogP contribution < -0.4 is 4.74 Å². The average molecular weight is 275 g/mol. The smallest absolute Gasteiger partial charge is 0.260 e. The van der Waals surface area contributed by atoms with Crippen LogP contribution in [0.3, 0.4) is 0 Å². The molecule has 3 heteroatoms. The van der Waals surface area contributed by atoms with Crippen molar-refractivity contribution in [3.8, 4) is 5.75 Å². The summed E-state index contributed by atoms with van der Waals surface area (Å²) in [5.41, 5.74) is 2.43. The number of nitrogens with zero attached hydrogens (tertiary/aromatic N) is 1. The Labute approximate surface area is 121 Å². The van der Waals surface area contributed by atoms with Crippen LogP contribution in [0, 0.1) is 13.8 Å². The lowest BCUT2D eigenvalue weighted by atomic mass is 9.97. The highest BCUT2D eigenvalue weighted by Crippen LogP contribution is 2.23. The lowest BCUT2D eigenvalue weighted by molar-refractivity contribution is -0.139. The highest BCUT2D eigenvalue weighted by Gasteiger charge is 2.28. The Morgan fingerprint density at radius 1 is 1.20 bits per heavy atom. The third-order valence-corrected chi connectivity index (χ3v) is 4.32. The highest BCUT2D eigenvalue weighted by atomic mass is 16.5. The maximum atomic E-state index is 12.3. The van der Waals surface area contributed by atoms with Crippen molar-refractivity contribution in [3.05, 3.63) is 29.3 Å². The molecule has 1 aliphatic rings. The molecular formula is C17H25NO2. The Hall–Kier alpha value is -1.51. The summed E-state index contributed by atoms with van der Waals surface area (Å²) in [6, 6.07) is 6.61. The number of carbonyl (C=O) groups is 1. The summed E-state index contributed by atoms with van der Waals surface area (Å²) in [6.45, 7) is 8.52. The van der Waals surface area contributed by atoms with Crippen molar-refractivity contribution in [3.63, 3.8) is 0 Å². The molecule has 3 nitrogen and oxygen atoms in total. The van der Waals surface area contributed by atoms with E-state index in [9.17, 15) is 4.79 Å². The molecule has 0 spiro atoms. The summed E-state index contributed by atoms with van der Waals surface area (Å²) < 4.78 is 5.66. The third kappa shape index (κ3) is 3.33. The van der Waals surface area contributed by atoms with Crippen LogP contribution in [0.2, 0.25) is 0 Å². The van der Waals surface area contributed by atoms with E-state index in [0.29, 0.717) is 12.1 Å². The first kappa shape index (κ1) is 14.9. The summed E-state index contributed by atoms with van der Waals surface area (Å²) in [5.74, 6) is 0.877. The zero-order chi connectivity index (χ0) is 14.7. The zero-order valence-electron chi connectivity index (χ0n) is 13.0. The summed E-state index contributed by atoms with van der Waals surface area (Å²) >= 11 is 0. The van der Waals surface area contributed by atoms with Crippen molar-refractivity contribution in [1.29, 1.82) is 0 Å². The van der Waals surface area contributed by atoms with Crippen molar-refractivity contribution in [1.82, 2.24) is 4.90 Å². The fraction of sp³-hybridized carbons (Fsp3) is 0.588. The number of aryl methyl sites for hydroxylation is 2. The quantitative estimate of drug-likeness (QED) is 0.845. The molecule has 0 saturated carbocycles. The van der Waals surface area contributed by atoms with Crippen molar-refractivity contribution in [2.45, 2.75) is 59.0 Å². The molecule has 1 aliphatic heterocycles. The van der Waals surface area contributed by atoms with Gasteiger partial charge in [-0.15, -0.1) is 0 Å². The first-order valence-electron chi connectivity index (χ1n) is 7.50. The Bertz CT molecular complexity index is 474. The minimum Gasteiger partial charge on any atom is -0.484 e. The minimum atomic E-state index is 0.0999. The Kier molecular flexibility index (Phi) is 4.69. The van der Waals surface area contributed by atoms with E-state index in [1.807, 2.05) is 23.1 Å². The van der Waals surface area contributed by atoms with Gasteiger partial charge in [0.05, 0.1) is 0 Å². The van der Waals surface area contributed by atoms with E-state index in [0.717, 1.165) is 18.6 Å².